The van der Waals surface area contributed by atoms with Gasteiger partial charge in [0.1, 0.15) is 0 Å². The Labute approximate surface area is 285 Å². The van der Waals surface area contributed by atoms with E-state index in [0.717, 1.165) is 23.5 Å². The Hall–Kier alpha value is -4.30. The Balaban J connectivity index is 1.67. The van der Waals surface area contributed by atoms with E-state index in [0.29, 0.717) is 0 Å². The van der Waals surface area contributed by atoms with Crippen LogP contribution in [0.15, 0.2) is 97.1 Å². The highest BCUT2D eigenvalue weighted by molar-refractivity contribution is 5.85. The Morgan fingerprint density at radius 3 is 0.979 bits per heavy atom. The molecule has 0 aliphatic rings. The van der Waals surface area contributed by atoms with E-state index < -0.39 is 0 Å². The third-order valence-electron chi connectivity index (χ3n) is 9.42. The van der Waals surface area contributed by atoms with E-state index in [-0.39, 0.29) is 10.8 Å². The molecule has 0 amide bonds. The zero-order valence-electron chi connectivity index (χ0n) is 30.8. The maximum atomic E-state index is 2.44. The standard InChI is InChI=1S/C45H54N2/c1-13-35-16-20-39(21-17-35)47(43-33(5)28-37(29-34(43)6)45(10,11)12)41-24-22-40(23-25-41)46(38-18-14-30(2)15-19-38)42-31(3)26-36(27-32(42)4)44(7,8)9/h14-29H,13H2,1-12H3. The van der Waals surface area contributed by atoms with E-state index in [1.165, 1.54) is 61.6 Å². The molecule has 0 heterocycles. The molecule has 244 valence electrons. The van der Waals surface area contributed by atoms with Gasteiger partial charge >= 0.3 is 0 Å². The predicted molar refractivity (Wildman–Crippen MR) is 206 cm³/mol. The van der Waals surface area contributed by atoms with Gasteiger partial charge in [0.05, 0.1) is 11.4 Å². The number of anilines is 6. The Morgan fingerprint density at radius 2 is 0.702 bits per heavy atom. The second-order valence-electron chi connectivity index (χ2n) is 15.5. The molecule has 0 atom stereocenters. The monoisotopic (exact) mass is 622 g/mol. The summed E-state index contributed by atoms with van der Waals surface area (Å²) in [6.07, 6.45) is 1.03. The molecule has 0 bridgehead atoms. The molecule has 2 nitrogen and oxygen atoms in total. The van der Waals surface area contributed by atoms with Crippen molar-refractivity contribution in [2.24, 2.45) is 0 Å². The third kappa shape index (κ3) is 7.18. The molecule has 0 spiro atoms. The lowest BCUT2D eigenvalue weighted by Crippen LogP contribution is -2.17. The second-order valence-corrected chi connectivity index (χ2v) is 15.5. The van der Waals surface area contributed by atoms with Gasteiger partial charge in [0.25, 0.3) is 0 Å². The number of rotatable bonds is 7. The number of hydrogen-bond acceptors (Lipinski definition) is 2. The normalized spacial score (nSPS) is 11.9. The second kappa shape index (κ2) is 13.1. The summed E-state index contributed by atoms with van der Waals surface area (Å²) >= 11 is 0. The maximum absolute atomic E-state index is 2.44. The summed E-state index contributed by atoms with van der Waals surface area (Å²) in [6.45, 7) is 27.1. The fourth-order valence-electron chi connectivity index (χ4n) is 6.62. The van der Waals surface area contributed by atoms with Gasteiger partial charge in [0.2, 0.25) is 0 Å². The fraction of sp³-hybridized carbons (Fsp3) is 0.333. The maximum Gasteiger partial charge on any atom is 0.0520 e. The number of nitrogens with zero attached hydrogens (tertiary/aromatic N) is 2. The molecule has 5 rings (SSSR count). The van der Waals surface area contributed by atoms with Gasteiger partial charge in [-0.3, -0.25) is 0 Å². The first kappa shape index (κ1) is 34.0. The summed E-state index contributed by atoms with van der Waals surface area (Å²) in [6, 6.07) is 36.6. The van der Waals surface area contributed by atoms with Crippen molar-refractivity contribution in [3.63, 3.8) is 0 Å². The molecule has 5 aromatic carbocycles. The zero-order valence-corrected chi connectivity index (χ0v) is 30.8. The largest absolute Gasteiger partial charge is 0.310 e. The highest BCUT2D eigenvalue weighted by Gasteiger charge is 2.24. The Kier molecular flexibility index (Phi) is 9.47. The predicted octanol–water partition coefficient (Wildman–Crippen LogP) is 13.3. The van der Waals surface area contributed by atoms with Gasteiger partial charge in [-0.2, -0.15) is 0 Å². The molecular formula is C45H54N2. The molecule has 0 unspecified atom stereocenters. The van der Waals surface area contributed by atoms with E-state index in [2.05, 4.69) is 190 Å². The first-order chi connectivity index (χ1) is 22.1. The Bertz CT molecular complexity index is 1800. The molecule has 0 saturated carbocycles. The van der Waals surface area contributed by atoms with E-state index in [1.807, 2.05) is 0 Å². The van der Waals surface area contributed by atoms with Gasteiger partial charge in [0, 0.05) is 22.7 Å². The number of aryl methyl sites for hydroxylation is 6. The van der Waals surface area contributed by atoms with Crippen molar-refractivity contribution in [2.75, 3.05) is 9.80 Å². The lowest BCUT2D eigenvalue weighted by molar-refractivity contribution is 0.589. The quantitative estimate of drug-likeness (QED) is 0.178. The van der Waals surface area contributed by atoms with Crippen molar-refractivity contribution in [3.8, 4) is 0 Å². The molecule has 0 aliphatic carbocycles. The van der Waals surface area contributed by atoms with Crippen LogP contribution in [0.2, 0.25) is 0 Å². The van der Waals surface area contributed by atoms with Gasteiger partial charge in [-0.1, -0.05) is 103 Å². The van der Waals surface area contributed by atoms with Crippen molar-refractivity contribution in [2.45, 2.75) is 100 Å². The van der Waals surface area contributed by atoms with Crippen LogP contribution in [0.3, 0.4) is 0 Å². The summed E-state index contributed by atoms with van der Waals surface area (Å²) in [5, 5.41) is 0. The molecule has 5 aromatic rings. The smallest absolute Gasteiger partial charge is 0.0520 e. The minimum absolute atomic E-state index is 0.0874. The van der Waals surface area contributed by atoms with Crippen LogP contribution in [0.1, 0.15) is 93.0 Å². The van der Waals surface area contributed by atoms with Gasteiger partial charge in [-0.15, -0.1) is 0 Å². The topological polar surface area (TPSA) is 6.48 Å². The van der Waals surface area contributed by atoms with Crippen LogP contribution in [0.25, 0.3) is 0 Å². The fourth-order valence-corrected chi connectivity index (χ4v) is 6.62. The number of hydrogen-bond donors (Lipinski definition) is 0. The molecular weight excluding hydrogens is 569 g/mol. The SMILES string of the molecule is CCc1ccc(N(c2ccc(N(c3ccc(C)cc3)c3c(C)cc(C(C)(C)C)cc3C)cc2)c2c(C)cc(C(C)(C)C)cc2C)cc1. The van der Waals surface area contributed by atoms with Gasteiger partial charge in [0.15, 0.2) is 0 Å². The summed E-state index contributed by atoms with van der Waals surface area (Å²) in [4.78, 5) is 4.86. The average molecular weight is 623 g/mol. The highest BCUT2D eigenvalue weighted by atomic mass is 15.2. The molecule has 0 saturated heterocycles. The van der Waals surface area contributed by atoms with Crippen molar-refractivity contribution in [1.82, 2.24) is 0 Å². The van der Waals surface area contributed by atoms with Crippen LogP contribution in [-0.4, -0.2) is 0 Å². The molecule has 2 heteroatoms. The summed E-state index contributed by atoms with van der Waals surface area (Å²) in [7, 11) is 0. The third-order valence-corrected chi connectivity index (χ3v) is 9.42. The molecule has 0 fully saturated rings. The van der Waals surface area contributed by atoms with E-state index in [1.54, 1.807) is 0 Å². The first-order valence-electron chi connectivity index (χ1n) is 17.2. The minimum Gasteiger partial charge on any atom is -0.310 e. The average Bonchev–Trinajstić information content (AvgIpc) is 3.00. The summed E-state index contributed by atoms with van der Waals surface area (Å²) < 4.78 is 0. The van der Waals surface area contributed by atoms with Crippen LogP contribution in [0.4, 0.5) is 34.1 Å². The van der Waals surface area contributed by atoms with Crippen LogP contribution in [0, 0.1) is 34.6 Å². The summed E-state index contributed by atoms with van der Waals surface area (Å²) in [5.41, 5.74) is 17.7. The van der Waals surface area contributed by atoms with Crippen LogP contribution in [-0.2, 0) is 17.3 Å². The van der Waals surface area contributed by atoms with Crippen molar-refractivity contribution >= 4 is 34.1 Å². The minimum atomic E-state index is 0.0874. The van der Waals surface area contributed by atoms with Crippen LogP contribution >= 0.6 is 0 Å². The summed E-state index contributed by atoms with van der Waals surface area (Å²) in [5.74, 6) is 0. The molecule has 0 aromatic heterocycles. The molecule has 0 N–H and O–H groups in total. The van der Waals surface area contributed by atoms with E-state index in [4.69, 9.17) is 0 Å². The van der Waals surface area contributed by atoms with Gasteiger partial charge in [-0.25, -0.2) is 0 Å². The first-order valence-corrected chi connectivity index (χ1v) is 17.2. The van der Waals surface area contributed by atoms with E-state index >= 15 is 0 Å². The highest BCUT2D eigenvalue weighted by Crippen LogP contribution is 2.44. The van der Waals surface area contributed by atoms with Crippen molar-refractivity contribution < 1.29 is 0 Å². The molecule has 0 radical (unpaired) electrons. The van der Waals surface area contributed by atoms with Gasteiger partial charge < -0.3 is 9.80 Å². The number of benzene rings is 5. The Morgan fingerprint density at radius 1 is 0.426 bits per heavy atom. The molecule has 47 heavy (non-hydrogen) atoms. The lowest BCUT2D eigenvalue weighted by atomic mass is 9.84. The van der Waals surface area contributed by atoms with Crippen LogP contribution < -0.4 is 9.80 Å². The zero-order chi connectivity index (χ0) is 34.3. The lowest BCUT2D eigenvalue weighted by Gasteiger charge is -2.33. The van der Waals surface area contributed by atoms with Gasteiger partial charge in [-0.05, 0) is 139 Å². The molecule has 0 aliphatic heterocycles. The van der Waals surface area contributed by atoms with Crippen molar-refractivity contribution in [3.05, 3.63) is 142 Å². The van der Waals surface area contributed by atoms with E-state index in [9.17, 15) is 0 Å². The van der Waals surface area contributed by atoms with Crippen LogP contribution in [0.5, 0.6) is 0 Å². The van der Waals surface area contributed by atoms with Crippen molar-refractivity contribution in [1.29, 1.82) is 0 Å².